The standard InChI is InChI=1S/C25H28FNO3/c1-4-5-6-15-27-22(18-9-7-17(8-10-18)16(2)3)21(24(29)25(27)30)23(28)19-11-13-20(26)14-12-19/h7-14,16,22,28H,4-6,15H2,1-3H3/b23-21-. The molecule has 1 heterocycles. The van der Waals surface area contributed by atoms with Gasteiger partial charge in [0.25, 0.3) is 11.7 Å². The molecule has 158 valence electrons. The molecular formula is C25H28FNO3. The first-order valence-corrected chi connectivity index (χ1v) is 10.5. The van der Waals surface area contributed by atoms with Crippen LogP contribution in [0.1, 0.15) is 68.7 Å². The summed E-state index contributed by atoms with van der Waals surface area (Å²) < 4.78 is 13.3. The third kappa shape index (κ3) is 4.30. The minimum atomic E-state index is -0.703. The average molecular weight is 410 g/mol. The normalized spacial score (nSPS) is 18.4. The summed E-state index contributed by atoms with van der Waals surface area (Å²) in [6, 6.07) is 12.4. The Morgan fingerprint density at radius 3 is 2.23 bits per heavy atom. The molecule has 0 aliphatic carbocycles. The van der Waals surface area contributed by atoms with E-state index < -0.39 is 23.5 Å². The molecule has 0 spiro atoms. The quantitative estimate of drug-likeness (QED) is 0.282. The number of halogens is 1. The number of amides is 1. The van der Waals surface area contributed by atoms with Gasteiger partial charge in [-0.15, -0.1) is 0 Å². The molecule has 5 heteroatoms. The number of nitrogens with zero attached hydrogens (tertiary/aromatic N) is 1. The topological polar surface area (TPSA) is 57.6 Å². The second kappa shape index (κ2) is 9.24. The lowest BCUT2D eigenvalue weighted by Gasteiger charge is -2.25. The van der Waals surface area contributed by atoms with E-state index in [0.717, 1.165) is 30.4 Å². The molecule has 2 aromatic rings. The van der Waals surface area contributed by atoms with Crippen molar-refractivity contribution in [2.45, 2.75) is 52.0 Å². The van der Waals surface area contributed by atoms with Crippen LogP contribution in [0.5, 0.6) is 0 Å². The van der Waals surface area contributed by atoms with Crippen molar-refractivity contribution in [1.29, 1.82) is 0 Å². The number of ketones is 1. The summed E-state index contributed by atoms with van der Waals surface area (Å²) in [5, 5.41) is 10.9. The Kier molecular flexibility index (Phi) is 6.70. The van der Waals surface area contributed by atoms with Gasteiger partial charge in [0.05, 0.1) is 11.6 Å². The van der Waals surface area contributed by atoms with Crippen LogP contribution in [0, 0.1) is 5.82 Å². The molecule has 0 radical (unpaired) electrons. The fourth-order valence-corrected chi connectivity index (χ4v) is 3.82. The Labute approximate surface area is 177 Å². The Morgan fingerprint density at radius 1 is 1.03 bits per heavy atom. The van der Waals surface area contributed by atoms with E-state index in [0.29, 0.717) is 18.0 Å². The highest BCUT2D eigenvalue weighted by Crippen LogP contribution is 2.39. The Bertz CT molecular complexity index is 945. The van der Waals surface area contributed by atoms with Crippen LogP contribution in [-0.2, 0) is 9.59 Å². The van der Waals surface area contributed by atoms with Crippen LogP contribution in [0.15, 0.2) is 54.1 Å². The number of aliphatic hydroxyl groups is 1. The summed E-state index contributed by atoms with van der Waals surface area (Å²) in [6.45, 7) is 6.71. The molecule has 1 aliphatic heterocycles. The van der Waals surface area contributed by atoms with Gasteiger partial charge in [-0.2, -0.15) is 0 Å². The second-order valence-corrected chi connectivity index (χ2v) is 8.03. The lowest BCUT2D eigenvalue weighted by Crippen LogP contribution is -2.30. The summed E-state index contributed by atoms with van der Waals surface area (Å²) in [5.41, 5.74) is 2.30. The van der Waals surface area contributed by atoms with Gasteiger partial charge in [0.2, 0.25) is 0 Å². The number of carbonyl (C=O) groups excluding carboxylic acids is 2. The maximum atomic E-state index is 13.3. The molecule has 2 aromatic carbocycles. The zero-order valence-electron chi connectivity index (χ0n) is 17.7. The smallest absolute Gasteiger partial charge is 0.295 e. The molecule has 1 N–H and O–H groups in total. The van der Waals surface area contributed by atoms with Crippen molar-refractivity contribution in [3.05, 3.63) is 76.6 Å². The van der Waals surface area contributed by atoms with Crippen molar-refractivity contribution < 1.29 is 19.1 Å². The summed E-state index contributed by atoms with van der Waals surface area (Å²) in [4.78, 5) is 27.3. The van der Waals surface area contributed by atoms with Gasteiger partial charge < -0.3 is 10.0 Å². The average Bonchev–Trinajstić information content (AvgIpc) is 2.99. The molecule has 1 unspecified atom stereocenters. The number of aliphatic hydroxyl groups excluding tert-OH is 1. The Balaban J connectivity index is 2.10. The number of carbonyl (C=O) groups is 2. The highest BCUT2D eigenvalue weighted by atomic mass is 19.1. The van der Waals surface area contributed by atoms with Crippen molar-refractivity contribution in [3.63, 3.8) is 0 Å². The third-order valence-electron chi connectivity index (χ3n) is 5.58. The molecule has 4 nitrogen and oxygen atoms in total. The van der Waals surface area contributed by atoms with Gasteiger partial charge in [0.15, 0.2) is 0 Å². The van der Waals surface area contributed by atoms with E-state index in [1.54, 1.807) is 4.90 Å². The molecule has 1 aliphatic rings. The molecule has 0 bridgehead atoms. The van der Waals surface area contributed by atoms with Crippen molar-refractivity contribution in [3.8, 4) is 0 Å². The van der Waals surface area contributed by atoms with Crippen molar-refractivity contribution in [1.82, 2.24) is 4.90 Å². The molecule has 3 rings (SSSR count). The van der Waals surface area contributed by atoms with Crippen LogP contribution >= 0.6 is 0 Å². The van der Waals surface area contributed by atoms with E-state index >= 15 is 0 Å². The van der Waals surface area contributed by atoms with Crippen molar-refractivity contribution in [2.75, 3.05) is 6.54 Å². The predicted molar refractivity (Wildman–Crippen MR) is 115 cm³/mol. The van der Waals surface area contributed by atoms with E-state index in [1.807, 2.05) is 24.3 Å². The van der Waals surface area contributed by atoms with Crippen LogP contribution < -0.4 is 0 Å². The number of rotatable bonds is 7. The maximum Gasteiger partial charge on any atom is 0.295 e. The van der Waals surface area contributed by atoms with Crippen LogP contribution in [0.3, 0.4) is 0 Å². The molecule has 1 fully saturated rings. The number of hydrogen-bond acceptors (Lipinski definition) is 3. The Hall–Kier alpha value is -2.95. The summed E-state index contributed by atoms with van der Waals surface area (Å²) in [6.07, 6.45) is 2.72. The highest BCUT2D eigenvalue weighted by molar-refractivity contribution is 6.46. The monoisotopic (exact) mass is 409 g/mol. The van der Waals surface area contributed by atoms with Crippen LogP contribution in [0.4, 0.5) is 4.39 Å². The zero-order valence-corrected chi connectivity index (χ0v) is 17.7. The fraction of sp³-hybridized carbons (Fsp3) is 0.360. The lowest BCUT2D eigenvalue weighted by molar-refractivity contribution is -0.139. The van der Waals surface area contributed by atoms with E-state index in [9.17, 15) is 19.1 Å². The minimum Gasteiger partial charge on any atom is -0.507 e. The van der Waals surface area contributed by atoms with Gasteiger partial charge in [-0.3, -0.25) is 9.59 Å². The van der Waals surface area contributed by atoms with Gasteiger partial charge in [-0.1, -0.05) is 57.9 Å². The number of Topliss-reactive ketones (excluding diaryl/α,β-unsaturated/α-hetero) is 1. The first-order valence-electron chi connectivity index (χ1n) is 10.5. The summed E-state index contributed by atoms with van der Waals surface area (Å²) in [5.74, 6) is -1.66. The lowest BCUT2D eigenvalue weighted by atomic mass is 9.93. The molecule has 1 saturated heterocycles. The van der Waals surface area contributed by atoms with Gasteiger partial charge >= 0.3 is 0 Å². The Morgan fingerprint density at radius 2 is 1.67 bits per heavy atom. The van der Waals surface area contributed by atoms with Gasteiger partial charge in [-0.25, -0.2) is 4.39 Å². The number of unbranched alkanes of at least 4 members (excludes halogenated alkanes) is 2. The molecule has 30 heavy (non-hydrogen) atoms. The van der Waals surface area contributed by atoms with Crippen LogP contribution in [0.25, 0.3) is 5.76 Å². The number of benzene rings is 2. The largest absolute Gasteiger partial charge is 0.507 e. The summed E-state index contributed by atoms with van der Waals surface area (Å²) >= 11 is 0. The van der Waals surface area contributed by atoms with E-state index in [-0.39, 0.29) is 11.3 Å². The van der Waals surface area contributed by atoms with Gasteiger partial charge in [-0.05, 0) is 47.7 Å². The molecule has 0 saturated carbocycles. The summed E-state index contributed by atoms with van der Waals surface area (Å²) in [7, 11) is 0. The molecule has 1 atom stereocenters. The zero-order chi connectivity index (χ0) is 21.8. The van der Waals surface area contributed by atoms with Crippen molar-refractivity contribution >= 4 is 17.4 Å². The number of hydrogen-bond donors (Lipinski definition) is 1. The molecule has 0 aromatic heterocycles. The fourth-order valence-electron chi connectivity index (χ4n) is 3.82. The van der Waals surface area contributed by atoms with E-state index in [1.165, 1.54) is 24.3 Å². The first-order chi connectivity index (χ1) is 14.3. The maximum absolute atomic E-state index is 13.3. The van der Waals surface area contributed by atoms with Crippen LogP contribution in [0.2, 0.25) is 0 Å². The second-order valence-electron chi connectivity index (χ2n) is 8.03. The molecule has 1 amide bonds. The van der Waals surface area contributed by atoms with E-state index in [4.69, 9.17) is 0 Å². The molecular weight excluding hydrogens is 381 g/mol. The van der Waals surface area contributed by atoms with Gasteiger partial charge in [0.1, 0.15) is 11.6 Å². The number of likely N-dealkylation sites (tertiary alicyclic amines) is 1. The van der Waals surface area contributed by atoms with Crippen molar-refractivity contribution in [2.24, 2.45) is 0 Å². The first kappa shape index (κ1) is 21.8. The highest BCUT2D eigenvalue weighted by Gasteiger charge is 2.45. The van der Waals surface area contributed by atoms with E-state index in [2.05, 4.69) is 20.8 Å². The predicted octanol–water partition coefficient (Wildman–Crippen LogP) is 5.56. The van der Waals surface area contributed by atoms with Gasteiger partial charge in [0, 0.05) is 12.1 Å². The van der Waals surface area contributed by atoms with Crippen LogP contribution in [-0.4, -0.2) is 28.2 Å². The SMILES string of the molecule is CCCCCN1C(=O)C(=O)/C(=C(\O)c2ccc(F)cc2)C1c1ccc(C(C)C)cc1. The minimum absolute atomic E-state index is 0.0559. The third-order valence-corrected chi connectivity index (χ3v) is 5.58.